The van der Waals surface area contributed by atoms with Crippen LogP contribution in [0, 0.1) is 5.82 Å². The predicted molar refractivity (Wildman–Crippen MR) is 97.3 cm³/mol. The number of amides is 1. The first-order valence-corrected chi connectivity index (χ1v) is 8.18. The van der Waals surface area contributed by atoms with Gasteiger partial charge in [-0.1, -0.05) is 11.6 Å². The minimum absolute atomic E-state index is 0.158. The summed E-state index contributed by atoms with van der Waals surface area (Å²) in [6, 6.07) is 9.51. The Morgan fingerprint density at radius 1 is 1.19 bits per heavy atom. The molecule has 0 unspecified atom stereocenters. The number of carbonyl (C=O) groups is 2. The van der Waals surface area contributed by atoms with Crippen molar-refractivity contribution in [2.75, 3.05) is 5.32 Å². The largest absolute Gasteiger partial charge is 0.457 e. The molecular weight excluding hydrogens is 377 g/mol. The van der Waals surface area contributed by atoms with Crippen LogP contribution in [0.2, 0.25) is 5.02 Å². The fraction of sp³-hybridized carbons (Fsp3) is 0.105. The lowest BCUT2D eigenvalue weighted by atomic mass is 10.1. The first kappa shape index (κ1) is 18.6. The van der Waals surface area contributed by atoms with Crippen molar-refractivity contribution in [3.05, 3.63) is 74.9 Å². The molecule has 3 rings (SSSR count). The van der Waals surface area contributed by atoms with E-state index >= 15 is 0 Å². The third kappa shape index (κ3) is 4.32. The van der Waals surface area contributed by atoms with Crippen LogP contribution < -0.4 is 10.9 Å². The highest BCUT2D eigenvalue weighted by Gasteiger charge is 2.15. The number of nitrogens with one attached hydrogen (secondary N) is 1. The van der Waals surface area contributed by atoms with Gasteiger partial charge in [0, 0.05) is 40.7 Å². The van der Waals surface area contributed by atoms with Gasteiger partial charge in [0.25, 0.3) is 0 Å². The van der Waals surface area contributed by atoms with E-state index < -0.39 is 17.4 Å². The molecule has 1 aromatic heterocycles. The summed E-state index contributed by atoms with van der Waals surface area (Å²) in [6.45, 7) is 1.09. The number of halogens is 2. The first-order chi connectivity index (χ1) is 12.8. The molecule has 0 aliphatic rings. The van der Waals surface area contributed by atoms with Crippen molar-refractivity contribution in [3.8, 4) is 0 Å². The number of ether oxygens (including phenoxy) is 1. The molecule has 0 saturated carbocycles. The molecule has 0 atom stereocenters. The number of fused-ring (bicyclic) bond motifs is 1. The van der Waals surface area contributed by atoms with Crippen molar-refractivity contribution < 1.29 is 23.1 Å². The number of esters is 1. The summed E-state index contributed by atoms with van der Waals surface area (Å²) in [4.78, 5) is 35.0. The van der Waals surface area contributed by atoms with Gasteiger partial charge in [0.1, 0.15) is 18.0 Å². The summed E-state index contributed by atoms with van der Waals surface area (Å²) in [7, 11) is 0. The van der Waals surface area contributed by atoms with Gasteiger partial charge in [-0.2, -0.15) is 0 Å². The molecule has 2 aromatic carbocycles. The van der Waals surface area contributed by atoms with Crippen molar-refractivity contribution in [3.63, 3.8) is 0 Å². The molecular formula is C19H13ClFNO5. The molecule has 27 heavy (non-hydrogen) atoms. The van der Waals surface area contributed by atoms with Crippen LogP contribution in [0.4, 0.5) is 10.1 Å². The average molecular weight is 390 g/mol. The summed E-state index contributed by atoms with van der Waals surface area (Å²) in [6.07, 6.45) is 0. The van der Waals surface area contributed by atoms with E-state index in [1.54, 1.807) is 12.1 Å². The van der Waals surface area contributed by atoms with Gasteiger partial charge in [-0.25, -0.2) is 14.0 Å². The molecule has 6 nitrogen and oxygen atoms in total. The maximum Gasteiger partial charge on any atom is 0.341 e. The highest BCUT2D eigenvalue weighted by molar-refractivity contribution is 6.30. The summed E-state index contributed by atoms with van der Waals surface area (Å²) in [5.74, 6) is -1.96. The highest BCUT2D eigenvalue weighted by atomic mass is 35.5. The molecule has 0 aliphatic carbocycles. The van der Waals surface area contributed by atoms with Crippen LogP contribution >= 0.6 is 11.6 Å². The Labute approximate surface area is 157 Å². The lowest BCUT2D eigenvalue weighted by Gasteiger charge is -2.09. The van der Waals surface area contributed by atoms with Crippen molar-refractivity contribution in [1.82, 2.24) is 0 Å². The molecule has 0 bridgehead atoms. The second-order valence-electron chi connectivity index (χ2n) is 5.68. The number of hydrogen-bond donors (Lipinski definition) is 1. The summed E-state index contributed by atoms with van der Waals surface area (Å²) < 4.78 is 24.1. The Kier molecular flexibility index (Phi) is 5.23. The zero-order valence-electron chi connectivity index (χ0n) is 14.0. The number of hydrogen-bond acceptors (Lipinski definition) is 5. The summed E-state index contributed by atoms with van der Waals surface area (Å²) >= 11 is 5.66. The summed E-state index contributed by atoms with van der Waals surface area (Å²) in [5.41, 5.74) is 0.150. The zero-order valence-corrected chi connectivity index (χ0v) is 14.8. The van der Waals surface area contributed by atoms with Crippen LogP contribution in [-0.2, 0) is 16.1 Å². The van der Waals surface area contributed by atoms with E-state index in [1.807, 2.05) is 0 Å². The maximum absolute atomic E-state index is 13.8. The Morgan fingerprint density at radius 3 is 2.67 bits per heavy atom. The van der Waals surface area contributed by atoms with Gasteiger partial charge in [-0.05, 0) is 30.3 Å². The fourth-order valence-electron chi connectivity index (χ4n) is 2.51. The number of benzene rings is 2. The smallest absolute Gasteiger partial charge is 0.341 e. The first-order valence-electron chi connectivity index (χ1n) is 7.80. The minimum Gasteiger partial charge on any atom is -0.457 e. The van der Waals surface area contributed by atoms with E-state index in [9.17, 15) is 18.8 Å². The second kappa shape index (κ2) is 7.59. The molecule has 1 heterocycles. The van der Waals surface area contributed by atoms with E-state index in [-0.39, 0.29) is 28.7 Å². The maximum atomic E-state index is 13.8. The number of carbonyl (C=O) groups excluding carboxylic acids is 2. The normalized spacial score (nSPS) is 10.6. The molecule has 138 valence electrons. The van der Waals surface area contributed by atoms with E-state index in [0.29, 0.717) is 16.6 Å². The van der Waals surface area contributed by atoms with Gasteiger partial charge < -0.3 is 14.5 Å². The van der Waals surface area contributed by atoms with Crippen LogP contribution in [0.1, 0.15) is 22.8 Å². The van der Waals surface area contributed by atoms with Crippen LogP contribution in [0.5, 0.6) is 0 Å². The number of anilines is 1. The monoisotopic (exact) mass is 389 g/mol. The minimum atomic E-state index is -0.888. The molecule has 3 aromatic rings. The Bertz CT molecular complexity index is 1110. The molecule has 1 N–H and O–H groups in total. The van der Waals surface area contributed by atoms with E-state index in [2.05, 4.69) is 5.32 Å². The van der Waals surface area contributed by atoms with Crippen molar-refractivity contribution in [1.29, 1.82) is 0 Å². The van der Waals surface area contributed by atoms with Gasteiger partial charge in [-0.15, -0.1) is 0 Å². The molecule has 0 radical (unpaired) electrons. The average Bonchev–Trinajstić information content (AvgIpc) is 2.58. The third-order valence-electron chi connectivity index (χ3n) is 3.66. The lowest BCUT2D eigenvalue weighted by Crippen LogP contribution is -2.10. The summed E-state index contributed by atoms with van der Waals surface area (Å²) in [5, 5.41) is 3.26. The number of rotatable bonds is 4. The van der Waals surface area contributed by atoms with E-state index in [4.69, 9.17) is 20.8 Å². The van der Waals surface area contributed by atoms with Gasteiger partial charge in [0.2, 0.25) is 5.91 Å². The molecule has 8 heteroatoms. The van der Waals surface area contributed by atoms with Crippen molar-refractivity contribution in [2.45, 2.75) is 13.5 Å². The molecule has 0 spiro atoms. The van der Waals surface area contributed by atoms with Crippen LogP contribution in [0.3, 0.4) is 0 Å². The van der Waals surface area contributed by atoms with Gasteiger partial charge >= 0.3 is 11.6 Å². The van der Waals surface area contributed by atoms with Crippen molar-refractivity contribution >= 4 is 40.1 Å². The zero-order chi connectivity index (χ0) is 19.6. The molecule has 0 saturated heterocycles. The van der Waals surface area contributed by atoms with Crippen LogP contribution in [0.15, 0.2) is 51.7 Å². The van der Waals surface area contributed by atoms with Gasteiger partial charge in [0.15, 0.2) is 0 Å². The van der Waals surface area contributed by atoms with Gasteiger partial charge in [-0.3, -0.25) is 4.79 Å². The molecule has 0 fully saturated rings. The van der Waals surface area contributed by atoms with Crippen molar-refractivity contribution in [2.24, 2.45) is 0 Å². The quantitative estimate of drug-likeness (QED) is 0.540. The SMILES string of the molecule is CC(=O)Nc1ccc2c(COC(=O)c3ccc(Cl)cc3F)cc(=O)oc2c1. The van der Waals surface area contributed by atoms with Crippen LogP contribution in [0.25, 0.3) is 11.0 Å². The van der Waals surface area contributed by atoms with E-state index in [1.165, 1.54) is 31.2 Å². The predicted octanol–water partition coefficient (Wildman–Crippen LogP) is 3.90. The Hall–Kier alpha value is -3.19. The standard InChI is InChI=1S/C19H13ClFNO5/c1-10(23)22-13-3-5-14-11(6-18(24)27-17(14)8-13)9-26-19(25)15-4-2-12(20)7-16(15)21/h2-8H,9H2,1H3,(H,22,23). The molecule has 0 aliphatic heterocycles. The van der Waals surface area contributed by atoms with E-state index in [0.717, 1.165) is 6.07 Å². The second-order valence-corrected chi connectivity index (χ2v) is 6.12. The lowest BCUT2D eigenvalue weighted by molar-refractivity contribution is -0.114. The Balaban J connectivity index is 1.87. The highest BCUT2D eigenvalue weighted by Crippen LogP contribution is 2.23. The van der Waals surface area contributed by atoms with Crippen LogP contribution in [-0.4, -0.2) is 11.9 Å². The molecule has 1 amide bonds. The van der Waals surface area contributed by atoms with Gasteiger partial charge in [0.05, 0.1) is 5.56 Å². The Morgan fingerprint density at radius 2 is 1.96 bits per heavy atom. The topological polar surface area (TPSA) is 85.6 Å². The third-order valence-corrected chi connectivity index (χ3v) is 3.90. The fourth-order valence-corrected chi connectivity index (χ4v) is 2.67.